The van der Waals surface area contributed by atoms with Gasteiger partial charge in [0.1, 0.15) is 5.75 Å². The van der Waals surface area contributed by atoms with Gasteiger partial charge in [-0.25, -0.2) is 4.79 Å². The lowest BCUT2D eigenvalue weighted by Gasteiger charge is -2.22. The zero-order chi connectivity index (χ0) is 15.2. The Hall–Kier alpha value is -2.08. The van der Waals surface area contributed by atoms with E-state index in [2.05, 4.69) is 5.32 Å². The van der Waals surface area contributed by atoms with Gasteiger partial charge in [-0.1, -0.05) is 0 Å². The summed E-state index contributed by atoms with van der Waals surface area (Å²) in [5.41, 5.74) is 0.457. The number of carboxylic acid groups (broad SMARTS) is 1. The van der Waals surface area contributed by atoms with Gasteiger partial charge in [-0.2, -0.15) is 0 Å². The van der Waals surface area contributed by atoms with Crippen molar-refractivity contribution in [3.05, 3.63) is 23.8 Å². The third kappa shape index (κ3) is 4.19. The van der Waals surface area contributed by atoms with Gasteiger partial charge in [-0.3, -0.25) is 4.79 Å². The zero-order valence-corrected chi connectivity index (χ0v) is 11.9. The summed E-state index contributed by atoms with van der Waals surface area (Å²) in [6, 6.07) is 4.35. The summed E-state index contributed by atoms with van der Waals surface area (Å²) in [6.07, 6.45) is 3.18. The van der Waals surface area contributed by atoms with E-state index in [0.29, 0.717) is 18.0 Å². The van der Waals surface area contributed by atoms with Gasteiger partial charge < -0.3 is 19.9 Å². The third-order valence-electron chi connectivity index (χ3n) is 3.41. The first kappa shape index (κ1) is 15.3. The number of anilines is 1. The fourth-order valence-corrected chi connectivity index (χ4v) is 2.32. The van der Waals surface area contributed by atoms with Crippen LogP contribution in [-0.4, -0.2) is 36.8 Å². The van der Waals surface area contributed by atoms with Crippen LogP contribution in [0.2, 0.25) is 0 Å². The molecule has 1 heterocycles. The number of nitrogens with one attached hydrogen (secondary N) is 1. The topological polar surface area (TPSA) is 84.9 Å². The van der Waals surface area contributed by atoms with Crippen molar-refractivity contribution >= 4 is 17.6 Å². The highest BCUT2D eigenvalue weighted by atomic mass is 16.5. The van der Waals surface area contributed by atoms with Crippen molar-refractivity contribution in [2.24, 2.45) is 0 Å². The van der Waals surface area contributed by atoms with Crippen molar-refractivity contribution in [1.29, 1.82) is 0 Å². The molecule has 6 nitrogen and oxygen atoms in total. The van der Waals surface area contributed by atoms with Crippen LogP contribution in [0.3, 0.4) is 0 Å². The third-order valence-corrected chi connectivity index (χ3v) is 3.41. The molecular weight excluding hydrogens is 274 g/mol. The van der Waals surface area contributed by atoms with Gasteiger partial charge in [0.05, 0.1) is 30.9 Å². The number of carbonyl (C=O) groups excluding carboxylic acids is 1. The molecule has 1 aliphatic rings. The van der Waals surface area contributed by atoms with E-state index in [4.69, 9.17) is 14.6 Å². The second-order valence-corrected chi connectivity index (χ2v) is 4.96. The molecule has 21 heavy (non-hydrogen) atoms. The second kappa shape index (κ2) is 7.08. The molecule has 114 valence electrons. The van der Waals surface area contributed by atoms with Crippen molar-refractivity contribution in [2.75, 3.05) is 19.0 Å². The summed E-state index contributed by atoms with van der Waals surface area (Å²) >= 11 is 0. The Morgan fingerprint density at radius 3 is 2.86 bits per heavy atom. The van der Waals surface area contributed by atoms with Crippen LogP contribution in [0.15, 0.2) is 18.2 Å². The van der Waals surface area contributed by atoms with Crippen molar-refractivity contribution in [3.63, 3.8) is 0 Å². The van der Waals surface area contributed by atoms with E-state index >= 15 is 0 Å². The van der Waals surface area contributed by atoms with Crippen molar-refractivity contribution in [3.8, 4) is 5.75 Å². The number of benzene rings is 1. The van der Waals surface area contributed by atoms with Crippen LogP contribution in [0.25, 0.3) is 0 Å². The molecule has 6 heteroatoms. The first-order valence-corrected chi connectivity index (χ1v) is 6.93. The number of hydrogen-bond acceptors (Lipinski definition) is 4. The number of aromatic carboxylic acids is 1. The maximum atomic E-state index is 12.0. The molecule has 1 atom stereocenters. The molecular formula is C15H19NO5. The average Bonchev–Trinajstić information content (AvgIpc) is 2.48. The Balaban J connectivity index is 2.04. The minimum absolute atomic E-state index is 0.0626. The van der Waals surface area contributed by atoms with Crippen LogP contribution < -0.4 is 10.1 Å². The predicted molar refractivity (Wildman–Crippen MR) is 76.8 cm³/mol. The Labute approximate surface area is 123 Å². The zero-order valence-electron chi connectivity index (χ0n) is 11.9. The first-order valence-electron chi connectivity index (χ1n) is 6.93. The summed E-state index contributed by atoms with van der Waals surface area (Å²) in [5, 5.41) is 11.7. The van der Waals surface area contributed by atoms with Gasteiger partial charge >= 0.3 is 5.97 Å². The highest BCUT2D eigenvalue weighted by Crippen LogP contribution is 2.26. The number of amides is 1. The van der Waals surface area contributed by atoms with Crippen molar-refractivity contribution in [1.82, 2.24) is 0 Å². The molecule has 0 aliphatic carbocycles. The van der Waals surface area contributed by atoms with Gasteiger partial charge in [-0.15, -0.1) is 0 Å². The van der Waals surface area contributed by atoms with Crippen LogP contribution in [-0.2, 0) is 9.53 Å². The normalized spacial score (nSPS) is 18.0. The molecule has 2 rings (SSSR count). The summed E-state index contributed by atoms with van der Waals surface area (Å²) in [7, 11) is 1.47. The van der Waals surface area contributed by atoms with Gasteiger partial charge in [0.2, 0.25) is 5.91 Å². The maximum Gasteiger partial charge on any atom is 0.335 e. The molecule has 0 aromatic heterocycles. The van der Waals surface area contributed by atoms with E-state index in [9.17, 15) is 9.59 Å². The van der Waals surface area contributed by atoms with Crippen molar-refractivity contribution in [2.45, 2.75) is 31.8 Å². The molecule has 1 aromatic rings. The lowest BCUT2D eigenvalue weighted by Crippen LogP contribution is -2.25. The Kier molecular flexibility index (Phi) is 5.16. The SMILES string of the molecule is COc1ccc(C(=O)O)cc1NC(=O)CC1CCCCO1. The van der Waals surface area contributed by atoms with Crippen LogP contribution in [0.5, 0.6) is 5.75 Å². The lowest BCUT2D eigenvalue weighted by atomic mass is 10.1. The number of carbonyl (C=O) groups is 2. The quantitative estimate of drug-likeness (QED) is 0.870. The largest absolute Gasteiger partial charge is 0.495 e. The van der Waals surface area contributed by atoms with E-state index < -0.39 is 5.97 Å². The van der Waals surface area contributed by atoms with E-state index in [1.807, 2.05) is 0 Å². The molecule has 2 N–H and O–H groups in total. The average molecular weight is 293 g/mol. The number of rotatable bonds is 5. The Morgan fingerprint density at radius 1 is 1.43 bits per heavy atom. The fraction of sp³-hybridized carbons (Fsp3) is 0.467. The monoisotopic (exact) mass is 293 g/mol. The number of ether oxygens (including phenoxy) is 2. The molecule has 0 bridgehead atoms. The summed E-state index contributed by atoms with van der Waals surface area (Å²) in [4.78, 5) is 23.0. The van der Waals surface area contributed by atoms with Gasteiger partial charge in [0.25, 0.3) is 0 Å². The fourth-order valence-electron chi connectivity index (χ4n) is 2.32. The number of hydrogen-bond donors (Lipinski definition) is 2. The van der Waals surface area contributed by atoms with Crippen LogP contribution in [0, 0.1) is 0 Å². The Bertz CT molecular complexity index is 523. The number of carboxylic acids is 1. The first-order chi connectivity index (χ1) is 10.1. The van der Waals surface area contributed by atoms with Crippen LogP contribution in [0.4, 0.5) is 5.69 Å². The summed E-state index contributed by atoms with van der Waals surface area (Å²) < 4.78 is 10.7. The van der Waals surface area contributed by atoms with Crippen LogP contribution in [0.1, 0.15) is 36.0 Å². The summed E-state index contributed by atoms with van der Waals surface area (Å²) in [6.45, 7) is 0.690. The maximum absolute atomic E-state index is 12.0. The standard InChI is InChI=1S/C15H19NO5/c1-20-13-6-5-10(15(18)19)8-12(13)16-14(17)9-11-4-2-3-7-21-11/h5-6,8,11H,2-4,7,9H2,1H3,(H,16,17)(H,18,19). The van der Waals surface area contributed by atoms with Gasteiger partial charge in [0.15, 0.2) is 0 Å². The number of methoxy groups -OCH3 is 1. The highest BCUT2D eigenvalue weighted by Gasteiger charge is 2.19. The molecule has 1 fully saturated rings. The minimum Gasteiger partial charge on any atom is -0.495 e. The molecule has 1 saturated heterocycles. The summed E-state index contributed by atoms with van der Waals surface area (Å²) in [5.74, 6) is -0.829. The van der Waals surface area contributed by atoms with E-state index in [1.165, 1.54) is 25.3 Å². The minimum atomic E-state index is -1.05. The van der Waals surface area contributed by atoms with E-state index in [1.54, 1.807) is 0 Å². The van der Waals surface area contributed by atoms with Crippen molar-refractivity contribution < 1.29 is 24.2 Å². The second-order valence-electron chi connectivity index (χ2n) is 4.96. The molecule has 0 spiro atoms. The molecule has 1 unspecified atom stereocenters. The van der Waals surface area contributed by atoms with E-state index in [-0.39, 0.29) is 24.0 Å². The Morgan fingerprint density at radius 2 is 2.24 bits per heavy atom. The van der Waals surface area contributed by atoms with E-state index in [0.717, 1.165) is 19.3 Å². The van der Waals surface area contributed by atoms with Gasteiger partial charge in [-0.05, 0) is 37.5 Å². The van der Waals surface area contributed by atoms with Crippen LogP contribution >= 0.6 is 0 Å². The van der Waals surface area contributed by atoms with Gasteiger partial charge in [0, 0.05) is 6.61 Å². The molecule has 0 saturated carbocycles. The molecule has 0 radical (unpaired) electrons. The smallest absolute Gasteiger partial charge is 0.335 e. The molecule has 1 aromatic carbocycles. The lowest BCUT2D eigenvalue weighted by molar-refractivity contribution is -0.119. The highest BCUT2D eigenvalue weighted by molar-refractivity contribution is 5.95. The molecule has 1 aliphatic heterocycles. The molecule has 1 amide bonds. The predicted octanol–water partition coefficient (Wildman–Crippen LogP) is 2.29.